The van der Waals surface area contributed by atoms with Crippen molar-refractivity contribution in [3.05, 3.63) is 42.5 Å². The highest BCUT2D eigenvalue weighted by Crippen LogP contribution is 2.15. The van der Waals surface area contributed by atoms with E-state index in [2.05, 4.69) is 13.2 Å². The van der Waals surface area contributed by atoms with E-state index in [1.165, 1.54) is 0 Å². The maximum atomic E-state index is 10.8. The van der Waals surface area contributed by atoms with Gasteiger partial charge in [0, 0.05) is 0 Å². The van der Waals surface area contributed by atoms with Gasteiger partial charge in [-0.1, -0.05) is 0 Å². The average molecular weight is 336 g/mol. The summed E-state index contributed by atoms with van der Waals surface area (Å²) in [7, 11) is -4.64. The van der Waals surface area contributed by atoms with Gasteiger partial charge in [-0.2, -0.15) is 8.42 Å². The van der Waals surface area contributed by atoms with Crippen molar-refractivity contribution in [3.63, 3.8) is 0 Å². The fraction of sp³-hybridized carbons (Fsp3) is 0.167. The number of aromatic carboxylic acids is 2. The summed E-state index contributed by atoms with van der Waals surface area (Å²) < 4.78 is 30.2. The Hall–Kier alpha value is -2.27. The summed E-state index contributed by atoms with van der Waals surface area (Å²) in [5.41, 5.74) is -1.07. The van der Waals surface area contributed by atoms with E-state index in [1.807, 2.05) is 0 Å². The van der Waals surface area contributed by atoms with Crippen LogP contribution in [0, 0.1) is 0 Å². The van der Waals surface area contributed by atoms with E-state index in [0.717, 1.165) is 6.07 Å². The van der Waals surface area contributed by atoms with Crippen LogP contribution in [0.5, 0.6) is 0 Å². The Morgan fingerprint density at radius 3 is 1.41 bits per heavy atom. The summed E-state index contributed by atoms with van der Waals surface area (Å²) in [4.78, 5) is 20.4. The smallest absolute Gasteiger partial charge is 0.335 e. The van der Waals surface area contributed by atoms with Gasteiger partial charge >= 0.3 is 11.9 Å². The molecule has 0 amide bonds. The van der Waals surface area contributed by atoms with E-state index in [4.69, 9.17) is 25.0 Å². The van der Waals surface area contributed by atoms with Gasteiger partial charge in [-0.15, -0.1) is 13.2 Å². The number of carboxylic acids is 2. The van der Waals surface area contributed by atoms with Gasteiger partial charge in [0.2, 0.25) is 0 Å². The van der Waals surface area contributed by atoms with Crippen LogP contribution in [0.3, 0.4) is 0 Å². The minimum atomic E-state index is -4.64. The first kappa shape index (κ1) is 22.0. The molecule has 9 nitrogen and oxygen atoms in total. The first-order chi connectivity index (χ1) is 10.1. The highest BCUT2D eigenvalue weighted by Gasteiger charge is 2.17. The lowest BCUT2D eigenvalue weighted by Gasteiger charge is -2.02. The van der Waals surface area contributed by atoms with Crippen LogP contribution >= 0.6 is 0 Å². The molecule has 0 aliphatic heterocycles. The molecule has 0 radical (unpaired) electrons. The second-order valence-corrected chi connectivity index (χ2v) is 4.70. The quantitative estimate of drug-likeness (QED) is 0.378. The molecule has 0 fully saturated rings. The Labute approximate surface area is 126 Å². The summed E-state index contributed by atoms with van der Waals surface area (Å²) in [6, 6.07) is 2.13. The molecule has 0 heterocycles. The molecular weight excluding hydrogens is 320 g/mol. The molecule has 22 heavy (non-hydrogen) atoms. The molecule has 1 aromatic rings. The Morgan fingerprint density at radius 2 is 1.23 bits per heavy atom. The SMILES string of the molecule is C=C.O=C(O)c1cc(C(=O)O)cc(S(=O)(=O)O)c1.OCCO. The normalized spacial score (nSPS) is 9.59. The number of carbonyl (C=O) groups is 2. The highest BCUT2D eigenvalue weighted by atomic mass is 32.2. The summed E-state index contributed by atoms with van der Waals surface area (Å²) in [5.74, 6) is -2.99. The minimum absolute atomic E-state index is 0.125. The van der Waals surface area contributed by atoms with Crippen molar-refractivity contribution in [1.82, 2.24) is 0 Å². The molecule has 1 rings (SSSR count). The standard InChI is InChI=1S/C8H6O7S.C2H6O2.C2H4/c9-7(10)4-1-5(8(11)12)3-6(2-4)16(13,14)15;3-1-2-4;1-2/h1-3H,(H,9,10)(H,11,12)(H,13,14,15);3-4H,1-2H2;1-2H2. The zero-order valence-corrected chi connectivity index (χ0v) is 12.2. The maximum absolute atomic E-state index is 10.8. The number of aliphatic hydroxyl groups excluding tert-OH is 2. The van der Waals surface area contributed by atoms with E-state index in [1.54, 1.807) is 0 Å². The number of hydrogen-bond acceptors (Lipinski definition) is 6. The predicted molar refractivity (Wildman–Crippen MR) is 75.6 cm³/mol. The van der Waals surface area contributed by atoms with E-state index in [9.17, 15) is 18.0 Å². The maximum Gasteiger partial charge on any atom is 0.335 e. The number of rotatable bonds is 4. The zero-order valence-electron chi connectivity index (χ0n) is 11.3. The minimum Gasteiger partial charge on any atom is -0.478 e. The third-order valence-electron chi connectivity index (χ3n) is 1.80. The summed E-state index contributed by atoms with van der Waals surface area (Å²) in [6.07, 6.45) is 0. The van der Waals surface area contributed by atoms with Crippen LogP contribution in [-0.4, -0.2) is 58.5 Å². The average Bonchev–Trinajstić information content (AvgIpc) is 2.48. The molecular formula is C12H16O9S. The van der Waals surface area contributed by atoms with Crippen LogP contribution in [0.15, 0.2) is 36.3 Å². The third-order valence-corrected chi connectivity index (χ3v) is 2.63. The van der Waals surface area contributed by atoms with Crippen LogP contribution in [-0.2, 0) is 10.1 Å². The third kappa shape index (κ3) is 8.11. The molecule has 1 aromatic carbocycles. The summed E-state index contributed by atoms with van der Waals surface area (Å²) >= 11 is 0. The summed E-state index contributed by atoms with van der Waals surface area (Å²) in [6.45, 7) is 5.75. The van der Waals surface area contributed by atoms with Crippen molar-refractivity contribution in [2.24, 2.45) is 0 Å². The highest BCUT2D eigenvalue weighted by molar-refractivity contribution is 7.85. The molecule has 0 spiro atoms. The van der Waals surface area contributed by atoms with Crippen LogP contribution < -0.4 is 0 Å². The monoisotopic (exact) mass is 336 g/mol. The Morgan fingerprint density at radius 1 is 0.909 bits per heavy atom. The van der Waals surface area contributed by atoms with Gasteiger partial charge in [0.25, 0.3) is 10.1 Å². The van der Waals surface area contributed by atoms with Crippen molar-refractivity contribution in [2.75, 3.05) is 13.2 Å². The topological polar surface area (TPSA) is 169 Å². The molecule has 0 atom stereocenters. The largest absolute Gasteiger partial charge is 0.478 e. The van der Waals surface area contributed by atoms with Crippen molar-refractivity contribution in [2.45, 2.75) is 4.90 Å². The zero-order chi connectivity index (χ0) is 17.9. The van der Waals surface area contributed by atoms with Crippen LogP contribution in [0.4, 0.5) is 0 Å². The number of carboxylic acid groups (broad SMARTS) is 2. The molecule has 0 aliphatic carbocycles. The van der Waals surface area contributed by atoms with Gasteiger partial charge in [-0.25, -0.2) is 9.59 Å². The molecule has 0 unspecified atom stereocenters. The molecule has 0 aliphatic rings. The second-order valence-electron chi connectivity index (χ2n) is 3.28. The molecule has 0 saturated heterocycles. The van der Waals surface area contributed by atoms with E-state index < -0.39 is 38.1 Å². The van der Waals surface area contributed by atoms with Crippen LogP contribution in [0.2, 0.25) is 0 Å². The van der Waals surface area contributed by atoms with Crippen LogP contribution in [0.1, 0.15) is 20.7 Å². The van der Waals surface area contributed by atoms with E-state index >= 15 is 0 Å². The van der Waals surface area contributed by atoms with Crippen molar-refractivity contribution < 1.29 is 43.0 Å². The molecule has 124 valence electrons. The Bertz CT molecular complexity index is 573. The van der Waals surface area contributed by atoms with E-state index in [0.29, 0.717) is 12.1 Å². The Balaban J connectivity index is 0. The number of benzene rings is 1. The first-order valence-electron chi connectivity index (χ1n) is 5.44. The fourth-order valence-corrected chi connectivity index (χ4v) is 1.55. The second kappa shape index (κ2) is 10.5. The van der Waals surface area contributed by atoms with E-state index in [-0.39, 0.29) is 13.2 Å². The van der Waals surface area contributed by atoms with Crippen molar-refractivity contribution >= 4 is 22.1 Å². The van der Waals surface area contributed by atoms with Gasteiger partial charge in [-0.3, -0.25) is 4.55 Å². The lowest BCUT2D eigenvalue weighted by atomic mass is 10.1. The van der Waals surface area contributed by atoms with Crippen molar-refractivity contribution in [1.29, 1.82) is 0 Å². The number of hydrogen-bond donors (Lipinski definition) is 5. The molecule has 0 bridgehead atoms. The van der Waals surface area contributed by atoms with Gasteiger partial charge in [0.05, 0.1) is 29.2 Å². The molecule has 5 N–H and O–H groups in total. The lowest BCUT2D eigenvalue weighted by Crippen LogP contribution is -2.07. The first-order valence-corrected chi connectivity index (χ1v) is 6.88. The number of aliphatic hydroxyl groups is 2. The fourth-order valence-electron chi connectivity index (χ4n) is 0.995. The predicted octanol–water partition coefficient (Wildman–Crippen LogP) is 0.103. The van der Waals surface area contributed by atoms with Gasteiger partial charge in [0.15, 0.2) is 0 Å². The molecule has 0 saturated carbocycles. The summed E-state index contributed by atoms with van der Waals surface area (Å²) in [5, 5.41) is 32.5. The van der Waals surface area contributed by atoms with Gasteiger partial charge in [-0.05, 0) is 18.2 Å². The van der Waals surface area contributed by atoms with Gasteiger partial charge < -0.3 is 20.4 Å². The van der Waals surface area contributed by atoms with Crippen molar-refractivity contribution in [3.8, 4) is 0 Å². The molecule has 10 heteroatoms. The Kier molecular flexibility index (Phi) is 10.5. The lowest BCUT2D eigenvalue weighted by molar-refractivity contribution is 0.0696. The molecule has 0 aromatic heterocycles. The van der Waals surface area contributed by atoms with Crippen LogP contribution in [0.25, 0.3) is 0 Å². The van der Waals surface area contributed by atoms with Gasteiger partial charge in [0.1, 0.15) is 0 Å².